The summed E-state index contributed by atoms with van der Waals surface area (Å²) in [7, 11) is 0. The van der Waals surface area contributed by atoms with E-state index in [0.29, 0.717) is 6.04 Å². The van der Waals surface area contributed by atoms with Crippen LogP contribution in [0.4, 0.5) is 0 Å². The Balaban J connectivity index is 2.60. The van der Waals surface area contributed by atoms with Crippen molar-refractivity contribution in [3.8, 4) is 5.75 Å². The number of hydrogen-bond acceptors (Lipinski definition) is 2. The summed E-state index contributed by atoms with van der Waals surface area (Å²) in [5, 5.41) is 3.46. The van der Waals surface area contributed by atoms with Gasteiger partial charge in [-0.25, -0.2) is 0 Å². The lowest BCUT2D eigenvalue weighted by atomic mass is 10.1. The number of benzene rings is 1. The normalized spacial score (nSPS) is 14.4. The Labute approximate surface area is 105 Å². The fraction of sp³-hybridized carbons (Fsp3) is 0.600. The first kappa shape index (κ1) is 14.0. The highest BCUT2D eigenvalue weighted by atomic mass is 16.5. The lowest BCUT2D eigenvalue weighted by Crippen LogP contribution is -2.39. The third-order valence-corrected chi connectivity index (χ3v) is 3.08. The summed E-state index contributed by atoms with van der Waals surface area (Å²) in [5.41, 5.74) is 2.44. The van der Waals surface area contributed by atoms with Crippen LogP contribution in [0, 0.1) is 13.8 Å². The zero-order valence-corrected chi connectivity index (χ0v) is 11.7. The third-order valence-electron chi connectivity index (χ3n) is 3.08. The van der Waals surface area contributed by atoms with E-state index in [1.54, 1.807) is 0 Å². The Kier molecular flexibility index (Phi) is 5.49. The molecule has 0 amide bonds. The van der Waals surface area contributed by atoms with Gasteiger partial charge in [-0.1, -0.05) is 19.1 Å². The zero-order chi connectivity index (χ0) is 12.8. The van der Waals surface area contributed by atoms with Gasteiger partial charge in [0.25, 0.3) is 0 Å². The molecule has 0 saturated carbocycles. The summed E-state index contributed by atoms with van der Waals surface area (Å²) in [6, 6.07) is 6.71. The molecule has 0 aromatic heterocycles. The van der Waals surface area contributed by atoms with Crippen LogP contribution in [0.3, 0.4) is 0 Å². The van der Waals surface area contributed by atoms with Gasteiger partial charge in [-0.05, 0) is 57.9 Å². The van der Waals surface area contributed by atoms with E-state index in [-0.39, 0.29) is 6.10 Å². The average Bonchev–Trinajstić information content (AvgIpc) is 2.30. The molecule has 2 unspecified atom stereocenters. The van der Waals surface area contributed by atoms with Gasteiger partial charge in [0.2, 0.25) is 0 Å². The predicted molar refractivity (Wildman–Crippen MR) is 73.8 cm³/mol. The molecule has 1 rings (SSSR count). The molecule has 0 aliphatic rings. The van der Waals surface area contributed by atoms with Crippen LogP contribution < -0.4 is 10.1 Å². The maximum atomic E-state index is 6.02. The largest absolute Gasteiger partial charge is 0.489 e. The van der Waals surface area contributed by atoms with Crippen molar-refractivity contribution in [2.24, 2.45) is 0 Å². The van der Waals surface area contributed by atoms with Crippen molar-refractivity contribution < 1.29 is 4.74 Å². The molecule has 96 valence electrons. The topological polar surface area (TPSA) is 21.3 Å². The number of nitrogens with one attached hydrogen (secondary N) is 1. The molecular formula is C15H25NO. The van der Waals surface area contributed by atoms with Crippen molar-refractivity contribution in [3.63, 3.8) is 0 Å². The van der Waals surface area contributed by atoms with Crippen LogP contribution in [0.5, 0.6) is 5.75 Å². The smallest absolute Gasteiger partial charge is 0.122 e. The molecule has 0 bridgehead atoms. The van der Waals surface area contributed by atoms with Crippen LogP contribution in [0.2, 0.25) is 0 Å². The lowest BCUT2D eigenvalue weighted by Gasteiger charge is -2.23. The highest BCUT2D eigenvalue weighted by Gasteiger charge is 2.13. The van der Waals surface area contributed by atoms with Crippen molar-refractivity contribution in [2.45, 2.75) is 53.2 Å². The quantitative estimate of drug-likeness (QED) is 0.815. The van der Waals surface area contributed by atoms with Crippen molar-refractivity contribution in [1.29, 1.82) is 0 Å². The van der Waals surface area contributed by atoms with E-state index in [1.165, 1.54) is 11.1 Å². The van der Waals surface area contributed by atoms with Crippen LogP contribution >= 0.6 is 0 Å². The maximum Gasteiger partial charge on any atom is 0.122 e. The molecule has 1 aromatic carbocycles. The standard InChI is InChI=1S/C15H25NO/c1-6-9-16-13(4)14(5)17-15-10-11(2)7-8-12(15)3/h7-8,10,13-14,16H,6,9H2,1-5H3. The molecule has 0 spiro atoms. The molecule has 0 fully saturated rings. The number of hydrogen-bond donors (Lipinski definition) is 1. The van der Waals surface area contributed by atoms with E-state index in [4.69, 9.17) is 4.74 Å². The Hall–Kier alpha value is -1.02. The highest BCUT2D eigenvalue weighted by Crippen LogP contribution is 2.21. The van der Waals surface area contributed by atoms with Gasteiger partial charge < -0.3 is 10.1 Å². The monoisotopic (exact) mass is 235 g/mol. The van der Waals surface area contributed by atoms with E-state index in [1.807, 2.05) is 0 Å². The lowest BCUT2D eigenvalue weighted by molar-refractivity contribution is 0.177. The molecule has 0 saturated heterocycles. The van der Waals surface area contributed by atoms with Gasteiger partial charge >= 0.3 is 0 Å². The van der Waals surface area contributed by atoms with Gasteiger partial charge in [0.15, 0.2) is 0 Å². The van der Waals surface area contributed by atoms with Crippen LogP contribution in [0.1, 0.15) is 38.3 Å². The summed E-state index contributed by atoms with van der Waals surface area (Å²) in [6.45, 7) is 11.7. The van der Waals surface area contributed by atoms with Gasteiger partial charge in [0, 0.05) is 6.04 Å². The second-order valence-electron chi connectivity index (χ2n) is 4.83. The molecule has 2 atom stereocenters. The van der Waals surface area contributed by atoms with Gasteiger partial charge in [0.05, 0.1) is 0 Å². The molecule has 0 aliphatic heterocycles. The summed E-state index contributed by atoms with van der Waals surface area (Å²) < 4.78 is 6.02. The fourth-order valence-corrected chi connectivity index (χ4v) is 1.67. The second kappa shape index (κ2) is 6.65. The molecule has 0 heterocycles. The van der Waals surface area contributed by atoms with E-state index < -0.39 is 0 Å². The molecule has 17 heavy (non-hydrogen) atoms. The number of ether oxygens (including phenoxy) is 1. The molecular weight excluding hydrogens is 210 g/mol. The van der Waals surface area contributed by atoms with Gasteiger partial charge in [-0.3, -0.25) is 0 Å². The molecule has 2 nitrogen and oxygen atoms in total. The minimum absolute atomic E-state index is 0.182. The van der Waals surface area contributed by atoms with Crippen LogP contribution in [0.15, 0.2) is 18.2 Å². The maximum absolute atomic E-state index is 6.02. The summed E-state index contributed by atoms with van der Waals surface area (Å²) >= 11 is 0. The van der Waals surface area contributed by atoms with E-state index in [0.717, 1.165) is 18.7 Å². The molecule has 1 N–H and O–H groups in total. The summed E-state index contributed by atoms with van der Waals surface area (Å²) in [4.78, 5) is 0. The van der Waals surface area contributed by atoms with Gasteiger partial charge in [0.1, 0.15) is 11.9 Å². The number of rotatable bonds is 6. The third kappa shape index (κ3) is 4.39. The average molecular weight is 235 g/mol. The van der Waals surface area contributed by atoms with Gasteiger partial charge in [-0.15, -0.1) is 0 Å². The van der Waals surface area contributed by atoms with Crippen molar-refractivity contribution in [3.05, 3.63) is 29.3 Å². The van der Waals surface area contributed by atoms with E-state index in [2.05, 4.69) is 58.1 Å². The molecule has 0 aliphatic carbocycles. The van der Waals surface area contributed by atoms with Gasteiger partial charge in [-0.2, -0.15) is 0 Å². The van der Waals surface area contributed by atoms with Crippen molar-refractivity contribution >= 4 is 0 Å². The Morgan fingerprint density at radius 2 is 1.94 bits per heavy atom. The van der Waals surface area contributed by atoms with Crippen LogP contribution in [-0.2, 0) is 0 Å². The van der Waals surface area contributed by atoms with Crippen molar-refractivity contribution in [2.75, 3.05) is 6.54 Å². The zero-order valence-electron chi connectivity index (χ0n) is 11.7. The number of aryl methyl sites for hydroxylation is 2. The predicted octanol–water partition coefficient (Wildman–Crippen LogP) is 3.46. The molecule has 1 aromatic rings. The second-order valence-corrected chi connectivity index (χ2v) is 4.83. The Morgan fingerprint density at radius 3 is 2.59 bits per heavy atom. The van der Waals surface area contributed by atoms with Crippen LogP contribution in [0.25, 0.3) is 0 Å². The first-order valence-corrected chi connectivity index (χ1v) is 6.52. The van der Waals surface area contributed by atoms with E-state index >= 15 is 0 Å². The highest BCUT2D eigenvalue weighted by molar-refractivity contribution is 5.36. The Morgan fingerprint density at radius 1 is 1.24 bits per heavy atom. The first-order valence-electron chi connectivity index (χ1n) is 6.52. The Bertz CT molecular complexity index is 349. The minimum atomic E-state index is 0.182. The SMILES string of the molecule is CCCNC(C)C(C)Oc1cc(C)ccc1C. The first-order chi connectivity index (χ1) is 8.04. The minimum Gasteiger partial charge on any atom is -0.489 e. The van der Waals surface area contributed by atoms with Crippen molar-refractivity contribution in [1.82, 2.24) is 5.32 Å². The molecule has 2 heteroatoms. The molecule has 0 radical (unpaired) electrons. The summed E-state index contributed by atoms with van der Waals surface area (Å²) in [6.07, 6.45) is 1.34. The fourth-order valence-electron chi connectivity index (χ4n) is 1.67. The van der Waals surface area contributed by atoms with Crippen LogP contribution in [-0.4, -0.2) is 18.7 Å². The van der Waals surface area contributed by atoms with E-state index in [9.17, 15) is 0 Å². The summed E-state index contributed by atoms with van der Waals surface area (Å²) in [5.74, 6) is 1.00.